The molecular weight excluding hydrogens is 197 g/mol. The summed E-state index contributed by atoms with van der Waals surface area (Å²) in [6.45, 7) is 0.202. The van der Waals surface area contributed by atoms with Crippen LogP contribution in [0.2, 0.25) is 0 Å². The van der Waals surface area contributed by atoms with Gasteiger partial charge in [0.15, 0.2) is 0 Å². The van der Waals surface area contributed by atoms with Gasteiger partial charge in [-0.1, -0.05) is 17.3 Å². The van der Waals surface area contributed by atoms with E-state index in [1.807, 2.05) is 0 Å². The average molecular weight is 207 g/mol. The lowest BCUT2D eigenvalue weighted by molar-refractivity contribution is 0.413. The van der Waals surface area contributed by atoms with E-state index in [0.29, 0.717) is 11.3 Å². The van der Waals surface area contributed by atoms with Crippen LogP contribution in [0.4, 0.5) is 4.39 Å². The molecule has 4 nitrogen and oxygen atoms in total. The molecular formula is C10H10FN3O. The minimum Gasteiger partial charge on any atom is -0.497 e. The third-order valence-electron chi connectivity index (χ3n) is 1.75. The summed E-state index contributed by atoms with van der Waals surface area (Å²) in [5, 5.41) is 3.30. The summed E-state index contributed by atoms with van der Waals surface area (Å²) in [6.07, 6.45) is 3.13. The van der Waals surface area contributed by atoms with Gasteiger partial charge in [0.2, 0.25) is 0 Å². The Hall–Kier alpha value is -2.00. The first-order valence-corrected chi connectivity index (χ1v) is 4.29. The fourth-order valence-corrected chi connectivity index (χ4v) is 1.04. The number of halogens is 1. The summed E-state index contributed by atoms with van der Waals surface area (Å²) in [5.41, 5.74) is 8.44. The van der Waals surface area contributed by atoms with Gasteiger partial charge >= 0.3 is 0 Å². The summed E-state index contributed by atoms with van der Waals surface area (Å²) in [6, 6.07) is 4.44. The number of nitrogens with zero attached hydrogens (tertiary/aromatic N) is 3. The fraction of sp³-hybridized carbons (Fsp3) is 0.200. The molecule has 15 heavy (non-hydrogen) atoms. The maximum Gasteiger partial charge on any atom is 0.130 e. The van der Waals surface area contributed by atoms with Crippen LogP contribution in [-0.4, -0.2) is 13.7 Å². The van der Waals surface area contributed by atoms with Crippen LogP contribution in [0.5, 0.6) is 5.75 Å². The molecule has 1 aromatic carbocycles. The zero-order valence-electron chi connectivity index (χ0n) is 8.22. The monoisotopic (exact) mass is 207 g/mol. The average Bonchev–Trinajstić information content (AvgIpc) is 2.26. The number of hydrogen-bond acceptors (Lipinski definition) is 2. The van der Waals surface area contributed by atoms with Crippen molar-refractivity contribution in [1.82, 2.24) is 0 Å². The Morgan fingerprint density at radius 2 is 2.40 bits per heavy atom. The molecule has 0 bridgehead atoms. The zero-order chi connectivity index (χ0) is 11.1. The van der Waals surface area contributed by atoms with Crippen LogP contribution in [0.15, 0.2) is 29.4 Å². The van der Waals surface area contributed by atoms with Gasteiger partial charge in [-0.25, -0.2) is 4.39 Å². The molecule has 0 fully saturated rings. The lowest BCUT2D eigenvalue weighted by atomic mass is 10.2. The van der Waals surface area contributed by atoms with E-state index in [-0.39, 0.29) is 12.4 Å². The Balaban J connectivity index is 2.83. The molecule has 0 spiro atoms. The van der Waals surface area contributed by atoms with Crippen molar-refractivity contribution in [2.24, 2.45) is 5.11 Å². The Morgan fingerprint density at radius 1 is 1.60 bits per heavy atom. The molecule has 78 valence electrons. The molecule has 1 aromatic rings. The second-order valence-electron chi connectivity index (χ2n) is 2.70. The Bertz CT molecular complexity index is 411. The lowest BCUT2D eigenvalue weighted by Crippen LogP contribution is -1.86. The molecule has 0 aromatic heterocycles. The summed E-state index contributed by atoms with van der Waals surface area (Å²) in [4.78, 5) is 2.58. The second-order valence-corrected chi connectivity index (χ2v) is 2.70. The SMILES string of the molecule is COc1ccc(F)c(C=CCN=[N+]=[N-])c1. The van der Waals surface area contributed by atoms with E-state index in [0.717, 1.165) is 0 Å². The van der Waals surface area contributed by atoms with Crippen molar-refractivity contribution < 1.29 is 9.13 Å². The van der Waals surface area contributed by atoms with Crippen LogP contribution in [-0.2, 0) is 0 Å². The third-order valence-corrected chi connectivity index (χ3v) is 1.75. The van der Waals surface area contributed by atoms with Crippen LogP contribution < -0.4 is 4.74 Å². The summed E-state index contributed by atoms with van der Waals surface area (Å²) >= 11 is 0. The van der Waals surface area contributed by atoms with E-state index in [1.165, 1.54) is 13.2 Å². The highest BCUT2D eigenvalue weighted by Gasteiger charge is 1.99. The van der Waals surface area contributed by atoms with Crippen LogP contribution in [0.3, 0.4) is 0 Å². The number of ether oxygens (including phenoxy) is 1. The van der Waals surface area contributed by atoms with E-state index in [4.69, 9.17) is 10.3 Å². The van der Waals surface area contributed by atoms with Gasteiger partial charge in [0, 0.05) is 17.0 Å². The predicted molar refractivity (Wildman–Crippen MR) is 56.0 cm³/mol. The van der Waals surface area contributed by atoms with E-state index in [9.17, 15) is 4.39 Å². The van der Waals surface area contributed by atoms with Crippen LogP contribution in [0, 0.1) is 5.82 Å². The topological polar surface area (TPSA) is 58.0 Å². The van der Waals surface area contributed by atoms with Crippen molar-refractivity contribution >= 4 is 6.08 Å². The van der Waals surface area contributed by atoms with Gasteiger partial charge in [0.25, 0.3) is 0 Å². The zero-order valence-corrected chi connectivity index (χ0v) is 8.22. The first-order chi connectivity index (χ1) is 7.27. The number of hydrogen-bond donors (Lipinski definition) is 0. The molecule has 0 unspecified atom stereocenters. The maximum absolute atomic E-state index is 13.2. The van der Waals surface area contributed by atoms with Crippen molar-refractivity contribution in [3.05, 3.63) is 46.1 Å². The molecule has 0 N–H and O–H groups in total. The van der Waals surface area contributed by atoms with Gasteiger partial charge < -0.3 is 4.74 Å². The van der Waals surface area contributed by atoms with E-state index < -0.39 is 0 Å². The van der Waals surface area contributed by atoms with Crippen molar-refractivity contribution in [2.45, 2.75) is 0 Å². The van der Waals surface area contributed by atoms with E-state index in [2.05, 4.69) is 10.0 Å². The lowest BCUT2D eigenvalue weighted by Gasteiger charge is -2.01. The summed E-state index contributed by atoms with van der Waals surface area (Å²) in [5.74, 6) is 0.243. The van der Waals surface area contributed by atoms with Crippen molar-refractivity contribution in [1.29, 1.82) is 0 Å². The van der Waals surface area contributed by atoms with Gasteiger partial charge in [-0.05, 0) is 23.7 Å². The van der Waals surface area contributed by atoms with Gasteiger partial charge in [-0.2, -0.15) is 0 Å². The number of azide groups is 1. The molecule has 0 saturated heterocycles. The third kappa shape index (κ3) is 3.32. The molecule has 0 atom stereocenters. The number of methoxy groups -OCH3 is 1. The molecule has 0 heterocycles. The van der Waals surface area contributed by atoms with Gasteiger partial charge in [-0.3, -0.25) is 0 Å². The van der Waals surface area contributed by atoms with Gasteiger partial charge in [0.1, 0.15) is 11.6 Å². The highest BCUT2D eigenvalue weighted by atomic mass is 19.1. The molecule has 0 radical (unpaired) electrons. The minimum absolute atomic E-state index is 0.202. The Labute approximate surface area is 86.6 Å². The van der Waals surface area contributed by atoms with Crippen molar-refractivity contribution in [3.8, 4) is 5.75 Å². The first-order valence-electron chi connectivity index (χ1n) is 4.29. The quantitative estimate of drug-likeness (QED) is 0.425. The molecule has 5 heteroatoms. The summed E-state index contributed by atoms with van der Waals surface area (Å²) < 4.78 is 18.2. The molecule has 0 aliphatic carbocycles. The number of rotatable bonds is 4. The largest absolute Gasteiger partial charge is 0.497 e. The molecule has 0 saturated carbocycles. The Kier molecular flexibility index (Phi) is 4.19. The minimum atomic E-state index is -0.340. The molecule has 0 aliphatic heterocycles. The van der Waals surface area contributed by atoms with E-state index in [1.54, 1.807) is 24.3 Å². The highest BCUT2D eigenvalue weighted by molar-refractivity contribution is 5.52. The van der Waals surface area contributed by atoms with Crippen molar-refractivity contribution in [3.63, 3.8) is 0 Å². The van der Waals surface area contributed by atoms with Crippen molar-refractivity contribution in [2.75, 3.05) is 13.7 Å². The van der Waals surface area contributed by atoms with Crippen LogP contribution in [0.1, 0.15) is 5.56 Å². The van der Waals surface area contributed by atoms with Crippen LogP contribution >= 0.6 is 0 Å². The highest BCUT2D eigenvalue weighted by Crippen LogP contribution is 2.17. The smallest absolute Gasteiger partial charge is 0.130 e. The van der Waals surface area contributed by atoms with Gasteiger partial charge in [-0.15, -0.1) is 0 Å². The normalized spacial score (nSPS) is 10.0. The molecule has 0 amide bonds. The first kappa shape index (κ1) is 11.1. The van der Waals surface area contributed by atoms with Crippen LogP contribution in [0.25, 0.3) is 16.5 Å². The predicted octanol–water partition coefficient (Wildman–Crippen LogP) is 3.16. The fourth-order valence-electron chi connectivity index (χ4n) is 1.04. The molecule has 0 aliphatic rings. The standard InChI is InChI=1S/C10H10FN3O/c1-15-9-4-5-10(11)8(7-9)3-2-6-13-14-12/h2-5,7H,6H2,1H3. The van der Waals surface area contributed by atoms with E-state index >= 15 is 0 Å². The number of benzene rings is 1. The maximum atomic E-state index is 13.2. The Morgan fingerprint density at radius 3 is 3.07 bits per heavy atom. The molecule has 1 rings (SSSR count). The second kappa shape index (κ2) is 5.67. The van der Waals surface area contributed by atoms with Gasteiger partial charge in [0.05, 0.1) is 7.11 Å². The summed E-state index contributed by atoms with van der Waals surface area (Å²) in [7, 11) is 1.51.